The van der Waals surface area contributed by atoms with Crippen molar-refractivity contribution in [2.75, 3.05) is 31.1 Å². The number of rotatable bonds is 2. The summed E-state index contributed by atoms with van der Waals surface area (Å²) in [5.41, 5.74) is 6.35. The molecule has 2 N–H and O–H groups in total. The van der Waals surface area contributed by atoms with Crippen LogP contribution in [0.5, 0.6) is 0 Å². The third-order valence-electron chi connectivity index (χ3n) is 4.73. The molecule has 2 aliphatic carbocycles. The highest BCUT2D eigenvalue weighted by molar-refractivity contribution is 7.99. The average Bonchev–Trinajstić information content (AvgIpc) is 2.84. The fourth-order valence-electron chi connectivity index (χ4n) is 3.81. The minimum Gasteiger partial charge on any atom is -0.327 e. The summed E-state index contributed by atoms with van der Waals surface area (Å²) in [4.78, 5) is 2.65. The zero-order valence-corrected chi connectivity index (χ0v) is 10.2. The Hall–Kier alpha value is 0.270. The topological polar surface area (TPSA) is 29.3 Å². The molecule has 3 rings (SSSR count). The fourth-order valence-corrected chi connectivity index (χ4v) is 4.79. The smallest absolute Gasteiger partial charge is 0.0111 e. The summed E-state index contributed by atoms with van der Waals surface area (Å²) in [6.45, 7) is 3.89. The van der Waals surface area contributed by atoms with Crippen molar-refractivity contribution in [1.82, 2.24) is 4.90 Å². The number of hydrogen-bond acceptors (Lipinski definition) is 3. The zero-order valence-electron chi connectivity index (χ0n) is 9.40. The lowest BCUT2D eigenvalue weighted by Crippen LogP contribution is -2.45. The van der Waals surface area contributed by atoms with E-state index in [0.717, 1.165) is 17.8 Å². The number of fused-ring (bicyclic) bond motifs is 2. The van der Waals surface area contributed by atoms with Crippen LogP contribution in [-0.2, 0) is 0 Å². The lowest BCUT2D eigenvalue weighted by atomic mass is 9.84. The second kappa shape index (κ2) is 4.27. The molecule has 3 fully saturated rings. The van der Waals surface area contributed by atoms with Crippen molar-refractivity contribution in [2.24, 2.45) is 23.5 Å². The highest BCUT2D eigenvalue weighted by Gasteiger charge is 2.45. The molecule has 0 spiro atoms. The molecular weight excluding hydrogens is 204 g/mol. The summed E-state index contributed by atoms with van der Waals surface area (Å²) >= 11 is 2.10. The summed E-state index contributed by atoms with van der Waals surface area (Å²) in [5, 5.41) is 0. The maximum atomic E-state index is 6.35. The molecule has 0 aromatic heterocycles. The Balaban J connectivity index is 1.58. The summed E-state index contributed by atoms with van der Waals surface area (Å²) in [5.74, 6) is 5.33. The van der Waals surface area contributed by atoms with E-state index in [4.69, 9.17) is 5.73 Å². The van der Waals surface area contributed by atoms with Crippen LogP contribution < -0.4 is 5.73 Å². The van der Waals surface area contributed by atoms with Gasteiger partial charge in [-0.3, -0.25) is 0 Å². The maximum absolute atomic E-state index is 6.35. The molecule has 1 saturated heterocycles. The van der Waals surface area contributed by atoms with Crippen LogP contribution in [-0.4, -0.2) is 42.1 Å². The first-order chi connectivity index (χ1) is 7.34. The van der Waals surface area contributed by atoms with Crippen LogP contribution in [0.4, 0.5) is 0 Å². The molecule has 0 amide bonds. The van der Waals surface area contributed by atoms with E-state index in [9.17, 15) is 0 Å². The van der Waals surface area contributed by atoms with E-state index < -0.39 is 0 Å². The standard InChI is InChI=1S/C12H22N2S/c13-12-10-2-1-9(7-10)11(12)8-14-3-5-15-6-4-14/h9-12H,1-8,13H2. The lowest BCUT2D eigenvalue weighted by Gasteiger charge is -2.35. The molecule has 86 valence electrons. The molecule has 0 aromatic carbocycles. The molecule has 1 heterocycles. The first-order valence-electron chi connectivity index (χ1n) is 6.40. The van der Waals surface area contributed by atoms with E-state index in [1.807, 2.05) is 0 Å². The Kier molecular flexibility index (Phi) is 2.97. The van der Waals surface area contributed by atoms with Crippen LogP contribution in [0.25, 0.3) is 0 Å². The molecule has 4 atom stereocenters. The first kappa shape index (κ1) is 10.4. The SMILES string of the molecule is NC1C2CCC(C2)C1CN1CCSCC1. The second-order valence-corrected chi connectivity index (χ2v) is 6.71. The van der Waals surface area contributed by atoms with Gasteiger partial charge in [0.25, 0.3) is 0 Å². The van der Waals surface area contributed by atoms with Crippen LogP contribution in [0.3, 0.4) is 0 Å². The van der Waals surface area contributed by atoms with Crippen LogP contribution in [0, 0.1) is 17.8 Å². The average molecular weight is 226 g/mol. The number of thioether (sulfide) groups is 1. The van der Waals surface area contributed by atoms with Gasteiger partial charge in [0.1, 0.15) is 0 Å². The number of nitrogens with two attached hydrogens (primary N) is 1. The third kappa shape index (κ3) is 1.94. The first-order valence-corrected chi connectivity index (χ1v) is 7.56. The van der Waals surface area contributed by atoms with Gasteiger partial charge in [-0.15, -0.1) is 0 Å². The second-order valence-electron chi connectivity index (χ2n) is 5.49. The van der Waals surface area contributed by atoms with Gasteiger partial charge in [0.2, 0.25) is 0 Å². The quantitative estimate of drug-likeness (QED) is 0.772. The fraction of sp³-hybridized carbons (Fsp3) is 1.00. The van der Waals surface area contributed by atoms with Crippen LogP contribution in [0.2, 0.25) is 0 Å². The van der Waals surface area contributed by atoms with Gasteiger partial charge in [-0.05, 0) is 37.0 Å². The Morgan fingerprint density at radius 3 is 2.53 bits per heavy atom. The normalized spacial score (nSPS) is 46.2. The summed E-state index contributed by atoms with van der Waals surface area (Å²) < 4.78 is 0. The maximum Gasteiger partial charge on any atom is 0.0111 e. The predicted molar refractivity (Wildman–Crippen MR) is 66.1 cm³/mol. The van der Waals surface area contributed by atoms with E-state index in [1.165, 1.54) is 50.4 Å². The Bertz CT molecular complexity index is 226. The van der Waals surface area contributed by atoms with Gasteiger partial charge in [0, 0.05) is 37.2 Å². The van der Waals surface area contributed by atoms with Gasteiger partial charge in [-0.1, -0.05) is 0 Å². The van der Waals surface area contributed by atoms with E-state index in [-0.39, 0.29) is 0 Å². The van der Waals surface area contributed by atoms with Crippen molar-refractivity contribution in [3.8, 4) is 0 Å². The molecule has 0 radical (unpaired) electrons. The van der Waals surface area contributed by atoms with Gasteiger partial charge in [0.05, 0.1) is 0 Å². The van der Waals surface area contributed by atoms with Crippen LogP contribution in [0.1, 0.15) is 19.3 Å². The van der Waals surface area contributed by atoms with Gasteiger partial charge in [-0.2, -0.15) is 11.8 Å². The van der Waals surface area contributed by atoms with Crippen molar-refractivity contribution in [3.05, 3.63) is 0 Å². The number of hydrogen-bond donors (Lipinski definition) is 1. The zero-order chi connectivity index (χ0) is 10.3. The molecule has 15 heavy (non-hydrogen) atoms. The molecule has 4 unspecified atom stereocenters. The van der Waals surface area contributed by atoms with E-state index in [2.05, 4.69) is 16.7 Å². The van der Waals surface area contributed by atoms with Crippen molar-refractivity contribution >= 4 is 11.8 Å². The van der Waals surface area contributed by atoms with E-state index in [0.29, 0.717) is 6.04 Å². The van der Waals surface area contributed by atoms with Crippen LogP contribution in [0.15, 0.2) is 0 Å². The Morgan fingerprint density at radius 1 is 1.13 bits per heavy atom. The predicted octanol–water partition coefficient (Wildman–Crippen LogP) is 1.41. The van der Waals surface area contributed by atoms with Crippen LogP contribution >= 0.6 is 11.8 Å². The summed E-state index contributed by atoms with van der Waals surface area (Å²) in [6, 6.07) is 0.526. The number of nitrogens with zero attached hydrogens (tertiary/aromatic N) is 1. The minimum absolute atomic E-state index is 0.526. The highest BCUT2D eigenvalue weighted by Crippen LogP contribution is 2.47. The molecule has 2 nitrogen and oxygen atoms in total. The minimum atomic E-state index is 0.526. The highest BCUT2D eigenvalue weighted by atomic mass is 32.2. The Morgan fingerprint density at radius 2 is 1.87 bits per heavy atom. The van der Waals surface area contributed by atoms with Gasteiger partial charge < -0.3 is 10.6 Å². The molecule has 0 aromatic rings. The van der Waals surface area contributed by atoms with Gasteiger partial charge >= 0.3 is 0 Å². The molecule has 1 aliphatic heterocycles. The lowest BCUT2D eigenvalue weighted by molar-refractivity contribution is 0.185. The van der Waals surface area contributed by atoms with Gasteiger partial charge in [0.15, 0.2) is 0 Å². The monoisotopic (exact) mass is 226 g/mol. The largest absolute Gasteiger partial charge is 0.327 e. The van der Waals surface area contributed by atoms with Crippen molar-refractivity contribution < 1.29 is 0 Å². The summed E-state index contributed by atoms with van der Waals surface area (Å²) in [6.07, 6.45) is 4.32. The van der Waals surface area contributed by atoms with Crippen molar-refractivity contribution in [1.29, 1.82) is 0 Å². The molecule has 2 saturated carbocycles. The van der Waals surface area contributed by atoms with Crippen molar-refractivity contribution in [3.63, 3.8) is 0 Å². The third-order valence-corrected chi connectivity index (χ3v) is 5.67. The van der Waals surface area contributed by atoms with Crippen molar-refractivity contribution in [2.45, 2.75) is 25.3 Å². The Labute approximate surface area is 97.0 Å². The molecule has 3 aliphatic rings. The van der Waals surface area contributed by atoms with E-state index in [1.54, 1.807) is 0 Å². The molecular formula is C12H22N2S. The van der Waals surface area contributed by atoms with E-state index >= 15 is 0 Å². The summed E-state index contributed by atoms with van der Waals surface area (Å²) in [7, 11) is 0. The molecule has 2 bridgehead atoms. The van der Waals surface area contributed by atoms with Gasteiger partial charge in [-0.25, -0.2) is 0 Å². The molecule has 3 heteroatoms.